The van der Waals surface area contributed by atoms with Crippen molar-refractivity contribution >= 4 is 0 Å². The molecule has 1 rings (SSSR count). The lowest BCUT2D eigenvalue weighted by Crippen LogP contribution is -2.48. The Kier molecular flexibility index (Phi) is 4.95. The molecule has 0 fully saturated rings. The molecule has 0 radical (unpaired) electrons. The monoisotopic (exact) mass is 246 g/mol. The van der Waals surface area contributed by atoms with Crippen molar-refractivity contribution in [2.24, 2.45) is 11.8 Å². The van der Waals surface area contributed by atoms with Crippen LogP contribution in [-0.2, 0) is 0 Å². The van der Waals surface area contributed by atoms with Gasteiger partial charge < -0.3 is 10.2 Å². The summed E-state index contributed by atoms with van der Waals surface area (Å²) >= 11 is 0. The van der Waals surface area contributed by atoms with Gasteiger partial charge in [0.25, 0.3) is 0 Å². The van der Waals surface area contributed by atoms with Gasteiger partial charge in [0.2, 0.25) is 0 Å². The second-order valence-corrected chi connectivity index (χ2v) is 5.28. The SMILES string of the molecule is CC(C)[C@H](O)[C@@](O)(C#Cc1ccccc1)C(C)C. The van der Waals surface area contributed by atoms with Gasteiger partial charge in [0.05, 0.1) is 6.10 Å². The molecule has 2 heteroatoms. The molecule has 0 spiro atoms. The molecule has 1 aromatic carbocycles. The van der Waals surface area contributed by atoms with Gasteiger partial charge >= 0.3 is 0 Å². The van der Waals surface area contributed by atoms with Crippen LogP contribution in [0.1, 0.15) is 33.3 Å². The summed E-state index contributed by atoms with van der Waals surface area (Å²) in [7, 11) is 0. The zero-order valence-corrected chi connectivity index (χ0v) is 11.5. The summed E-state index contributed by atoms with van der Waals surface area (Å²) < 4.78 is 0. The summed E-state index contributed by atoms with van der Waals surface area (Å²) in [5, 5.41) is 20.7. The van der Waals surface area contributed by atoms with Crippen molar-refractivity contribution in [2.45, 2.75) is 39.4 Å². The Morgan fingerprint density at radius 3 is 2.06 bits per heavy atom. The minimum atomic E-state index is -1.37. The van der Waals surface area contributed by atoms with Crippen molar-refractivity contribution < 1.29 is 10.2 Å². The van der Waals surface area contributed by atoms with Crippen LogP contribution < -0.4 is 0 Å². The third kappa shape index (κ3) is 3.35. The van der Waals surface area contributed by atoms with E-state index in [0.717, 1.165) is 5.56 Å². The van der Waals surface area contributed by atoms with Crippen LogP contribution >= 0.6 is 0 Å². The quantitative estimate of drug-likeness (QED) is 0.804. The highest BCUT2D eigenvalue weighted by atomic mass is 16.3. The number of benzene rings is 1. The summed E-state index contributed by atoms with van der Waals surface area (Å²) in [4.78, 5) is 0. The largest absolute Gasteiger partial charge is 0.389 e. The molecule has 2 nitrogen and oxygen atoms in total. The van der Waals surface area contributed by atoms with Gasteiger partial charge in [0.1, 0.15) is 0 Å². The lowest BCUT2D eigenvalue weighted by molar-refractivity contribution is -0.0820. The van der Waals surface area contributed by atoms with Crippen LogP contribution in [0.25, 0.3) is 0 Å². The van der Waals surface area contributed by atoms with E-state index in [4.69, 9.17) is 0 Å². The first-order chi connectivity index (χ1) is 8.38. The zero-order chi connectivity index (χ0) is 13.8. The second-order valence-electron chi connectivity index (χ2n) is 5.28. The number of hydrogen-bond donors (Lipinski definition) is 2. The first-order valence-corrected chi connectivity index (χ1v) is 6.36. The maximum Gasteiger partial charge on any atom is 0.153 e. The summed E-state index contributed by atoms with van der Waals surface area (Å²) in [6.07, 6.45) is -0.853. The maximum atomic E-state index is 10.6. The van der Waals surface area contributed by atoms with Gasteiger partial charge in [-0.25, -0.2) is 0 Å². The van der Waals surface area contributed by atoms with E-state index in [-0.39, 0.29) is 11.8 Å². The van der Waals surface area contributed by atoms with E-state index in [1.165, 1.54) is 0 Å². The van der Waals surface area contributed by atoms with Crippen LogP contribution in [-0.4, -0.2) is 21.9 Å². The van der Waals surface area contributed by atoms with Crippen molar-refractivity contribution in [1.82, 2.24) is 0 Å². The smallest absolute Gasteiger partial charge is 0.153 e. The molecule has 0 saturated carbocycles. The van der Waals surface area contributed by atoms with Crippen LogP contribution in [0.2, 0.25) is 0 Å². The van der Waals surface area contributed by atoms with Crippen LogP contribution in [0.5, 0.6) is 0 Å². The summed E-state index contributed by atoms with van der Waals surface area (Å²) in [6.45, 7) is 7.49. The molecule has 0 aliphatic carbocycles. The number of aliphatic hydroxyl groups excluding tert-OH is 1. The summed E-state index contributed by atoms with van der Waals surface area (Å²) in [5.41, 5.74) is -0.531. The van der Waals surface area contributed by atoms with Gasteiger partial charge in [-0.05, 0) is 24.0 Å². The zero-order valence-electron chi connectivity index (χ0n) is 11.5. The Bertz CT molecular complexity index is 425. The lowest BCUT2D eigenvalue weighted by atomic mass is 9.80. The van der Waals surface area contributed by atoms with E-state index in [0.29, 0.717) is 0 Å². The van der Waals surface area contributed by atoms with E-state index in [9.17, 15) is 10.2 Å². The van der Waals surface area contributed by atoms with Crippen LogP contribution in [0, 0.1) is 23.7 Å². The van der Waals surface area contributed by atoms with Gasteiger partial charge in [0.15, 0.2) is 5.60 Å². The van der Waals surface area contributed by atoms with Crippen LogP contribution in [0.4, 0.5) is 0 Å². The Balaban J connectivity index is 3.05. The van der Waals surface area contributed by atoms with Crippen molar-refractivity contribution in [3.8, 4) is 11.8 Å². The van der Waals surface area contributed by atoms with Gasteiger partial charge in [-0.2, -0.15) is 0 Å². The molecule has 0 unspecified atom stereocenters. The van der Waals surface area contributed by atoms with Gasteiger partial charge in [-0.15, -0.1) is 0 Å². The predicted octanol–water partition coefficient (Wildman–Crippen LogP) is 2.44. The highest BCUT2D eigenvalue weighted by Crippen LogP contribution is 2.25. The normalized spacial score (nSPS) is 16.0. The van der Waals surface area contributed by atoms with Crippen molar-refractivity contribution in [3.63, 3.8) is 0 Å². The fraction of sp³-hybridized carbons (Fsp3) is 0.500. The minimum Gasteiger partial charge on any atom is -0.389 e. The number of aliphatic hydroxyl groups is 2. The minimum absolute atomic E-state index is 0.0394. The third-order valence-corrected chi connectivity index (χ3v) is 3.14. The van der Waals surface area contributed by atoms with Crippen molar-refractivity contribution in [2.75, 3.05) is 0 Å². The average molecular weight is 246 g/mol. The molecule has 0 aliphatic heterocycles. The maximum absolute atomic E-state index is 10.6. The average Bonchev–Trinajstić information content (AvgIpc) is 2.35. The van der Waals surface area contributed by atoms with E-state index in [1.54, 1.807) is 0 Å². The first-order valence-electron chi connectivity index (χ1n) is 6.36. The lowest BCUT2D eigenvalue weighted by Gasteiger charge is -2.34. The fourth-order valence-corrected chi connectivity index (χ4v) is 1.76. The Hall–Kier alpha value is -1.30. The first kappa shape index (κ1) is 14.8. The topological polar surface area (TPSA) is 40.5 Å². The Morgan fingerprint density at radius 1 is 1.06 bits per heavy atom. The van der Waals surface area contributed by atoms with E-state index in [2.05, 4.69) is 11.8 Å². The fourth-order valence-electron chi connectivity index (χ4n) is 1.76. The molecule has 18 heavy (non-hydrogen) atoms. The van der Waals surface area contributed by atoms with E-state index < -0.39 is 11.7 Å². The van der Waals surface area contributed by atoms with E-state index >= 15 is 0 Å². The molecule has 1 aromatic rings. The van der Waals surface area contributed by atoms with E-state index in [1.807, 2.05) is 58.0 Å². The highest BCUT2D eigenvalue weighted by molar-refractivity contribution is 5.36. The molecule has 0 heterocycles. The standard InChI is InChI=1S/C16H22O2/c1-12(2)15(17)16(18,13(3)4)11-10-14-8-6-5-7-9-14/h5-9,12-13,15,17-18H,1-4H3/t15-,16+/m0/s1. The Morgan fingerprint density at radius 2 is 1.61 bits per heavy atom. The second kappa shape index (κ2) is 6.04. The molecule has 0 aliphatic rings. The molecular formula is C16H22O2. The summed E-state index contributed by atoms with van der Waals surface area (Å²) in [6, 6.07) is 9.49. The van der Waals surface area contributed by atoms with Gasteiger partial charge in [-0.3, -0.25) is 0 Å². The summed E-state index contributed by atoms with van der Waals surface area (Å²) in [5.74, 6) is 5.62. The number of hydrogen-bond acceptors (Lipinski definition) is 2. The van der Waals surface area contributed by atoms with Crippen molar-refractivity contribution in [1.29, 1.82) is 0 Å². The van der Waals surface area contributed by atoms with Crippen LogP contribution in [0.15, 0.2) is 30.3 Å². The molecule has 0 saturated heterocycles. The molecule has 98 valence electrons. The van der Waals surface area contributed by atoms with Gasteiger partial charge in [-0.1, -0.05) is 57.7 Å². The highest BCUT2D eigenvalue weighted by Gasteiger charge is 2.38. The molecule has 0 bridgehead atoms. The molecular weight excluding hydrogens is 224 g/mol. The van der Waals surface area contributed by atoms with Gasteiger partial charge in [0, 0.05) is 5.56 Å². The third-order valence-electron chi connectivity index (χ3n) is 3.14. The van der Waals surface area contributed by atoms with Crippen LogP contribution in [0.3, 0.4) is 0 Å². The molecule has 0 aromatic heterocycles. The Labute approximate surface area is 110 Å². The molecule has 2 atom stereocenters. The predicted molar refractivity (Wildman–Crippen MR) is 74.0 cm³/mol. The number of rotatable bonds is 3. The van der Waals surface area contributed by atoms with Crippen molar-refractivity contribution in [3.05, 3.63) is 35.9 Å². The molecule has 0 amide bonds. The molecule has 2 N–H and O–H groups in total.